The van der Waals surface area contributed by atoms with Gasteiger partial charge in [0.1, 0.15) is 11.6 Å². The number of nitrogens with zero attached hydrogens (tertiary/aromatic N) is 8. The largest absolute Gasteiger partial charge is 0.363 e. The molecule has 0 saturated heterocycles. The Morgan fingerprint density at radius 3 is 2.31 bits per heavy atom. The van der Waals surface area contributed by atoms with Crippen LogP contribution in [0.15, 0.2) is 55.0 Å². The molecule has 5 rings (SSSR count). The number of benzene rings is 1. The molecule has 5 aromatic rings. The summed E-state index contributed by atoms with van der Waals surface area (Å²) in [5.74, 6) is 1.93. The summed E-state index contributed by atoms with van der Waals surface area (Å²) in [5, 5.41) is 9.19. The molecule has 0 radical (unpaired) electrons. The highest BCUT2D eigenvalue weighted by atomic mass is 15.3. The zero-order valence-electron chi connectivity index (χ0n) is 22.0. The lowest BCUT2D eigenvalue weighted by Gasteiger charge is -2.21. The summed E-state index contributed by atoms with van der Waals surface area (Å²) in [4.78, 5) is 13.8. The first-order chi connectivity index (χ1) is 17.2. The third kappa shape index (κ3) is 4.30. The van der Waals surface area contributed by atoms with Crippen LogP contribution in [0.2, 0.25) is 0 Å². The summed E-state index contributed by atoms with van der Waals surface area (Å²) in [6, 6.07) is 12.8. The molecule has 4 heterocycles. The number of pyridine rings is 1. The first-order valence-corrected chi connectivity index (χ1v) is 12.0. The molecule has 1 aromatic carbocycles. The number of fused-ring (bicyclic) bond motifs is 1. The maximum Gasteiger partial charge on any atom is 0.165 e. The van der Waals surface area contributed by atoms with Crippen molar-refractivity contribution in [2.24, 2.45) is 7.05 Å². The van der Waals surface area contributed by atoms with E-state index in [2.05, 4.69) is 65.4 Å². The predicted octanol–water partition coefficient (Wildman–Crippen LogP) is 4.82. The normalized spacial score (nSPS) is 11.3. The predicted molar refractivity (Wildman–Crippen MR) is 146 cm³/mol. The van der Waals surface area contributed by atoms with Crippen molar-refractivity contribution in [2.45, 2.75) is 27.3 Å². The number of hydrogen-bond donors (Lipinski definition) is 0. The van der Waals surface area contributed by atoms with E-state index in [1.54, 1.807) is 0 Å². The standard InChI is InChI=1S/C28H32N8/c1-18-12-25(33(4)5)29-15-24(18)27-20(3)32-36-26(13-19(2)31-28(27)36)34(6)16-21-8-10-22(11-9-21)23-14-30-35(7)17-23/h8-15,17H,16H2,1-7H3. The molecule has 0 saturated carbocycles. The van der Waals surface area contributed by atoms with Crippen molar-refractivity contribution >= 4 is 17.3 Å². The monoisotopic (exact) mass is 480 g/mol. The van der Waals surface area contributed by atoms with Crippen LogP contribution in [0.3, 0.4) is 0 Å². The van der Waals surface area contributed by atoms with Crippen molar-refractivity contribution < 1.29 is 0 Å². The summed E-state index contributed by atoms with van der Waals surface area (Å²) in [6.07, 6.45) is 5.85. The summed E-state index contributed by atoms with van der Waals surface area (Å²) in [7, 11) is 8.03. The van der Waals surface area contributed by atoms with Gasteiger partial charge in [-0.2, -0.15) is 14.7 Å². The minimum Gasteiger partial charge on any atom is -0.363 e. The average Bonchev–Trinajstić information content (AvgIpc) is 3.41. The molecule has 0 unspecified atom stereocenters. The molecule has 8 nitrogen and oxygen atoms in total. The first-order valence-electron chi connectivity index (χ1n) is 12.0. The second-order valence-corrected chi connectivity index (χ2v) is 9.66. The fourth-order valence-corrected chi connectivity index (χ4v) is 4.59. The Morgan fingerprint density at radius 1 is 0.917 bits per heavy atom. The number of hydrogen-bond acceptors (Lipinski definition) is 6. The molecule has 0 aliphatic rings. The zero-order chi connectivity index (χ0) is 25.6. The van der Waals surface area contributed by atoms with Gasteiger partial charge in [-0.25, -0.2) is 9.97 Å². The van der Waals surface area contributed by atoms with E-state index in [1.807, 2.05) is 67.7 Å². The molecule has 0 fully saturated rings. The molecule has 4 aromatic heterocycles. The fraction of sp³-hybridized carbons (Fsp3) is 0.286. The van der Waals surface area contributed by atoms with E-state index in [9.17, 15) is 0 Å². The van der Waals surface area contributed by atoms with Gasteiger partial charge >= 0.3 is 0 Å². The highest BCUT2D eigenvalue weighted by Crippen LogP contribution is 2.33. The third-order valence-electron chi connectivity index (χ3n) is 6.50. The second kappa shape index (κ2) is 9.11. The van der Waals surface area contributed by atoms with Gasteiger partial charge in [-0.15, -0.1) is 0 Å². The Balaban J connectivity index is 1.49. The van der Waals surface area contributed by atoms with Crippen molar-refractivity contribution in [3.8, 4) is 22.3 Å². The lowest BCUT2D eigenvalue weighted by molar-refractivity contribution is 0.768. The molecular weight excluding hydrogens is 448 g/mol. The lowest BCUT2D eigenvalue weighted by Crippen LogP contribution is -2.20. The molecule has 0 amide bonds. The minimum atomic E-state index is 0.748. The maximum atomic E-state index is 4.91. The molecule has 0 aliphatic carbocycles. The van der Waals surface area contributed by atoms with Crippen molar-refractivity contribution in [1.29, 1.82) is 0 Å². The van der Waals surface area contributed by atoms with E-state index in [4.69, 9.17) is 10.1 Å². The molecule has 184 valence electrons. The smallest absolute Gasteiger partial charge is 0.165 e. The zero-order valence-corrected chi connectivity index (χ0v) is 22.0. The van der Waals surface area contributed by atoms with E-state index in [1.165, 1.54) is 5.56 Å². The summed E-state index contributed by atoms with van der Waals surface area (Å²) in [6.45, 7) is 6.94. The summed E-state index contributed by atoms with van der Waals surface area (Å²) >= 11 is 0. The van der Waals surface area contributed by atoms with Crippen molar-refractivity contribution in [3.63, 3.8) is 0 Å². The number of rotatable bonds is 6. The maximum absolute atomic E-state index is 4.91. The highest BCUT2D eigenvalue weighted by Gasteiger charge is 2.20. The molecular formula is C28H32N8. The molecule has 0 bridgehead atoms. The molecule has 36 heavy (non-hydrogen) atoms. The van der Waals surface area contributed by atoms with Crippen LogP contribution in [0, 0.1) is 20.8 Å². The van der Waals surface area contributed by atoms with Gasteiger partial charge in [-0.1, -0.05) is 24.3 Å². The van der Waals surface area contributed by atoms with E-state index < -0.39 is 0 Å². The van der Waals surface area contributed by atoms with E-state index in [0.29, 0.717) is 0 Å². The first kappa shape index (κ1) is 23.5. The quantitative estimate of drug-likeness (QED) is 0.347. The van der Waals surface area contributed by atoms with Gasteiger partial charge in [-0.05, 0) is 43.5 Å². The Labute approximate surface area is 211 Å². The van der Waals surface area contributed by atoms with Gasteiger partial charge < -0.3 is 9.80 Å². The summed E-state index contributed by atoms with van der Waals surface area (Å²) in [5.41, 5.74) is 9.48. The van der Waals surface area contributed by atoms with Gasteiger partial charge in [0.2, 0.25) is 0 Å². The van der Waals surface area contributed by atoms with Gasteiger partial charge in [-0.3, -0.25) is 4.68 Å². The van der Waals surface area contributed by atoms with Crippen LogP contribution in [-0.4, -0.2) is 50.5 Å². The molecule has 0 atom stereocenters. The van der Waals surface area contributed by atoms with Crippen LogP contribution in [0.25, 0.3) is 27.9 Å². The number of aromatic nitrogens is 6. The molecule has 0 aliphatic heterocycles. The number of aryl methyl sites for hydroxylation is 4. The number of anilines is 2. The Bertz CT molecular complexity index is 1540. The highest BCUT2D eigenvalue weighted by molar-refractivity contribution is 5.83. The van der Waals surface area contributed by atoms with Crippen LogP contribution in [0.1, 0.15) is 22.5 Å². The molecule has 0 N–H and O–H groups in total. The van der Waals surface area contributed by atoms with Gasteiger partial charge in [0.05, 0.1) is 17.5 Å². The topological polar surface area (TPSA) is 67.4 Å². The Morgan fingerprint density at radius 2 is 1.67 bits per heavy atom. The Hall–Kier alpha value is -4.20. The van der Waals surface area contributed by atoms with Crippen molar-refractivity contribution in [3.05, 3.63) is 77.5 Å². The van der Waals surface area contributed by atoms with Crippen LogP contribution in [0.5, 0.6) is 0 Å². The van der Waals surface area contributed by atoms with Crippen molar-refractivity contribution in [2.75, 3.05) is 30.9 Å². The Kier molecular flexibility index (Phi) is 5.96. The SMILES string of the molecule is Cc1cc(N(C)Cc2ccc(-c3cnn(C)c3)cc2)n2nc(C)c(-c3cnc(N(C)C)cc3C)c2n1. The molecule has 8 heteroatoms. The average molecular weight is 481 g/mol. The van der Waals surface area contributed by atoms with E-state index in [0.717, 1.165) is 63.0 Å². The van der Waals surface area contributed by atoms with Crippen LogP contribution in [0.4, 0.5) is 11.6 Å². The van der Waals surface area contributed by atoms with E-state index in [-0.39, 0.29) is 0 Å². The van der Waals surface area contributed by atoms with Crippen LogP contribution in [-0.2, 0) is 13.6 Å². The van der Waals surface area contributed by atoms with Gasteiger partial charge in [0, 0.05) is 70.0 Å². The summed E-state index contributed by atoms with van der Waals surface area (Å²) < 4.78 is 3.78. The van der Waals surface area contributed by atoms with E-state index >= 15 is 0 Å². The van der Waals surface area contributed by atoms with Gasteiger partial charge in [0.15, 0.2) is 5.65 Å². The van der Waals surface area contributed by atoms with Crippen LogP contribution >= 0.6 is 0 Å². The third-order valence-corrected chi connectivity index (χ3v) is 6.50. The van der Waals surface area contributed by atoms with Crippen molar-refractivity contribution in [1.82, 2.24) is 29.4 Å². The van der Waals surface area contributed by atoms with Gasteiger partial charge in [0.25, 0.3) is 0 Å². The van der Waals surface area contributed by atoms with Crippen LogP contribution < -0.4 is 9.80 Å². The fourth-order valence-electron chi connectivity index (χ4n) is 4.59. The molecule has 0 spiro atoms. The second-order valence-electron chi connectivity index (χ2n) is 9.66. The lowest BCUT2D eigenvalue weighted by atomic mass is 10.0. The minimum absolute atomic E-state index is 0.748.